The SMILES string of the molecule is C=COC[C@]1(C)C[C@@H](Cc2ccc(-c3cc(Cl)ccc3F)cc2)N(C(=O)OC(C)(C)C)C1=O.CC(C)(C)OC(=O)N1C(=O)[C@](C)(CO)C[C@H]1Cc1ccc(-c2cc(Cl)ccc2F)cc1.CCOC[C@@](C)([C-]=O)C[C@H](CC(=O)OC(C)(C)C)Cc1ccc(-c2cc(Cl)ccc2F)cc1.CCOC[C@]1(C)C[C@@H](Cc2ccc(-c3cc(Cl)ccc3F)cc2)N(C(=O)OC(C)(C)C)C1=O.[Li+].[OH-]. The number of carbonyl (C=O) groups excluding carboxylic acids is 8. The molecule has 2 N–H and O–H groups in total. The van der Waals surface area contributed by atoms with Crippen LogP contribution >= 0.6 is 46.4 Å². The first-order valence-corrected chi connectivity index (χ1v) is 44.7. The minimum absolute atomic E-state index is 0. The quantitative estimate of drug-likeness (QED) is 0.0125. The zero-order valence-corrected chi connectivity index (χ0v) is 81.8. The number of likely N-dealkylation sites (tertiary alicyclic amines) is 3. The number of hydrogen-bond acceptors (Lipinski definition) is 17. The van der Waals surface area contributed by atoms with Gasteiger partial charge in [-0.25, -0.2) is 46.6 Å². The number of benzene rings is 8. The van der Waals surface area contributed by atoms with Gasteiger partial charge in [0, 0.05) is 86.7 Å². The zero-order chi connectivity index (χ0) is 96.4. The zero-order valence-electron chi connectivity index (χ0n) is 78.7. The van der Waals surface area contributed by atoms with E-state index in [1.807, 2.05) is 114 Å². The number of aliphatic hydroxyl groups is 1. The Morgan fingerprint density at radius 1 is 0.462 bits per heavy atom. The average Bonchev–Trinajstić information content (AvgIpc) is 1.63. The van der Waals surface area contributed by atoms with Gasteiger partial charge in [0.05, 0.1) is 35.7 Å². The number of amides is 6. The molecule has 0 unspecified atom stereocenters. The first-order chi connectivity index (χ1) is 60.7. The Kier molecular flexibility index (Phi) is 40.2. The molecule has 3 fully saturated rings. The van der Waals surface area contributed by atoms with E-state index in [9.17, 15) is 61.0 Å². The average molecular weight is 1900 g/mol. The molecule has 29 heteroatoms. The molecule has 0 aliphatic carbocycles. The fraction of sp³-hybridized carbons (Fsp3) is 0.437. The van der Waals surface area contributed by atoms with Gasteiger partial charge in [0.2, 0.25) is 17.7 Å². The minimum atomic E-state index is -1.04. The van der Waals surface area contributed by atoms with E-state index in [4.69, 9.17) is 79.6 Å². The topological polar surface area (TPSA) is 261 Å². The van der Waals surface area contributed by atoms with E-state index >= 15 is 0 Å². The van der Waals surface area contributed by atoms with Crippen LogP contribution in [0.5, 0.6) is 0 Å². The van der Waals surface area contributed by atoms with Gasteiger partial charge in [0.15, 0.2) is 0 Å². The van der Waals surface area contributed by atoms with Crippen molar-refractivity contribution in [3.05, 3.63) is 248 Å². The van der Waals surface area contributed by atoms with Crippen molar-refractivity contribution in [2.75, 3.05) is 39.6 Å². The number of carbonyl (C=O) groups is 7. The van der Waals surface area contributed by atoms with Crippen molar-refractivity contribution in [1.29, 1.82) is 0 Å². The van der Waals surface area contributed by atoms with Crippen molar-refractivity contribution >= 4 is 94.7 Å². The molecule has 8 aromatic rings. The van der Waals surface area contributed by atoms with Gasteiger partial charge in [-0.15, -0.1) is 5.41 Å². The molecule has 6 amide bonds. The Hall–Kier alpha value is -9.42. The van der Waals surface area contributed by atoms with Crippen LogP contribution in [0.3, 0.4) is 0 Å². The van der Waals surface area contributed by atoms with Crippen LogP contribution in [-0.2, 0) is 82.8 Å². The van der Waals surface area contributed by atoms with Crippen LogP contribution in [-0.4, -0.2) is 154 Å². The fourth-order valence-corrected chi connectivity index (χ4v) is 16.5. The molecule has 11 rings (SSSR count). The first kappa shape index (κ1) is 111. The second-order valence-corrected chi connectivity index (χ2v) is 40.0. The van der Waals surface area contributed by atoms with Crippen molar-refractivity contribution in [3.63, 3.8) is 0 Å². The Morgan fingerprint density at radius 3 is 1.03 bits per heavy atom. The normalized spacial score (nSPS) is 19.0. The fourth-order valence-electron chi connectivity index (χ4n) is 15.8. The Labute approximate surface area is 805 Å². The van der Waals surface area contributed by atoms with Crippen LogP contribution in [0.4, 0.5) is 31.9 Å². The van der Waals surface area contributed by atoms with Crippen molar-refractivity contribution in [2.24, 2.45) is 27.6 Å². The summed E-state index contributed by atoms with van der Waals surface area (Å²) in [4.78, 5) is 106. The van der Waals surface area contributed by atoms with E-state index in [0.29, 0.717) is 129 Å². The number of aliphatic hydroxyl groups excluding tert-OH is 1. The molecule has 132 heavy (non-hydrogen) atoms. The number of hydrogen-bond donors (Lipinski definition) is 1. The maximum Gasteiger partial charge on any atom is 1.00 e. The van der Waals surface area contributed by atoms with Crippen LogP contribution in [0.25, 0.3) is 44.5 Å². The van der Waals surface area contributed by atoms with Crippen LogP contribution in [0.15, 0.2) is 183 Å². The van der Waals surface area contributed by atoms with Crippen LogP contribution < -0.4 is 18.9 Å². The molecule has 8 atom stereocenters. The van der Waals surface area contributed by atoms with Gasteiger partial charge in [-0.2, -0.15) is 0 Å². The predicted octanol–water partition coefficient (Wildman–Crippen LogP) is 21.3. The number of ether oxygens (including phenoxy) is 7. The van der Waals surface area contributed by atoms with Crippen molar-refractivity contribution < 1.29 is 119 Å². The maximum absolute atomic E-state index is 14.2. The summed E-state index contributed by atoms with van der Waals surface area (Å²) in [6, 6.07) is 45.9. The molecule has 0 spiro atoms. The second kappa shape index (κ2) is 47.7. The van der Waals surface area contributed by atoms with Gasteiger partial charge in [0.1, 0.15) is 52.3 Å². The number of rotatable bonds is 27. The molecule has 0 bridgehead atoms. The standard InChI is InChI=1S/C27H33ClFO4.C26H31ClFNO4.C26H29ClFNO4.C24H27ClFNO4.Li.H2O/c1-6-32-18-27(5,17-30)16-20(14-25(31)33-26(2,3)4)13-19-7-9-21(10-8-19)23-15-22(28)11-12-24(23)29;2*1-6-32-16-26(5)15-20(29(23(26)30)24(31)33-25(2,3)4)13-17-7-9-18(10-8-17)21-14-19(27)11-12-22(21)28;1-23(2,3)31-22(30)27-18(13-24(4,14-28)21(27)29)11-15-5-7-16(8-6-15)19-12-17(25)9-10-20(19)26;;/h7-12,15,20H,6,13-14,16,18H2,1-5H3;7-12,14,20H,6,13,15-16H2,1-5H3;6-12,14,20H,1,13,15-16H2,2-5H3;5-10,12,18,28H,11,13-14H2,1-4H3;;1H2/q-1;;;;+1;/p-1/t20-,27+;2*20-,26+;18-,24+;;/m0111../s1. The summed E-state index contributed by atoms with van der Waals surface area (Å²) in [5, 5.41) is 11.6. The molecule has 0 saturated carbocycles. The molecular weight excluding hydrogens is 1780 g/mol. The van der Waals surface area contributed by atoms with E-state index in [2.05, 4.69) is 12.9 Å². The van der Waals surface area contributed by atoms with Gasteiger partial charge in [-0.3, -0.25) is 25.5 Å². The third-order valence-corrected chi connectivity index (χ3v) is 22.8. The summed E-state index contributed by atoms with van der Waals surface area (Å²) in [7, 11) is 0. The van der Waals surface area contributed by atoms with Gasteiger partial charge in [0.25, 0.3) is 0 Å². The first-order valence-electron chi connectivity index (χ1n) is 43.2. The van der Waals surface area contributed by atoms with Crippen molar-refractivity contribution in [1.82, 2.24) is 14.7 Å². The Morgan fingerprint density at radius 2 is 0.750 bits per heavy atom. The molecule has 3 aliphatic rings. The third-order valence-electron chi connectivity index (χ3n) is 21.8. The molecule has 0 aromatic heterocycles. The molecular formula is C103H121Cl4F4LiN3O17-. The van der Waals surface area contributed by atoms with E-state index in [1.54, 1.807) is 132 Å². The third kappa shape index (κ3) is 31.6. The van der Waals surface area contributed by atoms with Gasteiger partial charge >= 0.3 is 43.1 Å². The van der Waals surface area contributed by atoms with Gasteiger partial charge < -0.3 is 48.5 Å². The molecule has 3 aliphatic heterocycles. The van der Waals surface area contributed by atoms with E-state index in [1.165, 1.54) is 64.6 Å². The van der Waals surface area contributed by atoms with Crippen molar-refractivity contribution in [3.8, 4) is 44.5 Å². The number of halogens is 8. The molecule has 0 radical (unpaired) electrons. The number of nitrogens with zero attached hydrogens (tertiary/aromatic N) is 3. The monoisotopic (exact) mass is 1890 g/mol. The molecule has 20 nitrogen and oxygen atoms in total. The van der Waals surface area contributed by atoms with Gasteiger partial charge in [-0.05, 0) is 286 Å². The molecule has 3 heterocycles. The maximum atomic E-state index is 14.2. The number of imide groups is 3. The molecule has 708 valence electrons. The summed E-state index contributed by atoms with van der Waals surface area (Å²) in [6.07, 6.45) is 5.05. The summed E-state index contributed by atoms with van der Waals surface area (Å²) in [6.45, 7) is 36.8. The molecule has 8 aromatic carbocycles. The minimum Gasteiger partial charge on any atom is -0.870 e. The largest absolute Gasteiger partial charge is 1.00 e. The van der Waals surface area contributed by atoms with Crippen LogP contribution in [0.2, 0.25) is 20.1 Å². The summed E-state index contributed by atoms with van der Waals surface area (Å²) in [5.74, 6) is -2.94. The Balaban J connectivity index is 0.000000270. The number of esters is 1. The summed E-state index contributed by atoms with van der Waals surface area (Å²) < 4.78 is 95.2. The summed E-state index contributed by atoms with van der Waals surface area (Å²) >= 11 is 24.0. The van der Waals surface area contributed by atoms with E-state index < -0.39 is 80.3 Å². The van der Waals surface area contributed by atoms with E-state index in [0.717, 1.165) is 27.2 Å². The summed E-state index contributed by atoms with van der Waals surface area (Å²) in [5.41, 5.74) is 1.79. The van der Waals surface area contributed by atoms with Gasteiger partial charge in [-0.1, -0.05) is 163 Å². The predicted molar refractivity (Wildman–Crippen MR) is 502 cm³/mol. The second-order valence-electron chi connectivity index (χ2n) is 38.3. The van der Waals surface area contributed by atoms with E-state index in [-0.39, 0.29) is 110 Å². The Bertz CT molecular complexity index is 5300. The smallest absolute Gasteiger partial charge is 0.870 e. The van der Waals surface area contributed by atoms with Crippen LogP contribution in [0, 0.1) is 50.8 Å². The van der Waals surface area contributed by atoms with Crippen molar-refractivity contribution in [2.45, 2.75) is 223 Å². The van der Waals surface area contributed by atoms with Crippen LogP contribution in [0.1, 0.15) is 179 Å². The molecule has 3 saturated heterocycles.